The third kappa shape index (κ3) is 3.02. The Labute approximate surface area is 87.8 Å². The van der Waals surface area contributed by atoms with E-state index in [0.717, 1.165) is 0 Å². The van der Waals surface area contributed by atoms with Crippen LogP contribution in [0.15, 0.2) is 18.2 Å². The first-order valence-corrected chi connectivity index (χ1v) is 4.58. The van der Waals surface area contributed by atoms with Gasteiger partial charge in [-0.25, -0.2) is 4.39 Å². The molecule has 0 heterocycles. The zero-order valence-corrected chi connectivity index (χ0v) is 8.70. The minimum atomic E-state index is -0.539. The molecule has 0 amide bonds. The van der Waals surface area contributed by atoms with E-state index in [2.05, 4.69) is 0 Å². The van der Waals surface area contributed by atoms with Gasteiger partial charge in [0.15, 0.2) is 17.9 Å². The number of methoxy groups -OCH3 is 1. The van der Waals surface area contributed by atoms with Crippen LogP contribution in [0.5, 0.6) is 5.75 Å². The Morgan fingerprint density at radius 2 is 2.27 bits per heavy atom. The Morgan fingerprint density at radius 1 is 1.53 bits per heavy atom. The SMILES string of the molecule is COC(C)COc1c(F)cccc1C=O. The fourth-order valence-corrected chi connectivity index (χ4v) is 1.04. The third-order valence-corrected chi connectivity index (χ3v) is 1.99. The van der Waals surface area contributed by atoms with Crippen molar-refractivity contribution in [1.82, 2.24) is 0 Å². The van der Waals surface area contributed by atoms with Crippen LogP contribution in [0, 0.1) is 5.82 Å². The molecule has 0 aliphatic carbocycles. The van der Waals surface area contributed by atoms with E-state index in [1.54, 1.807) is 6.92 Å². The minimum absolute atomic E-state index is 0.0172. The number of aldehydes is 1. The van der Waals surface area contributed by atoms with Gasteiger partial charge in [0.05, 0.1) is 11.7 Å². The average molecular weight is 212 g/mol. The van der Waals surface area contributed by atoms with Gasteiger partial charge in [0.25, 0.3) is 0 Å². The molecule has 0 saturated heterocycles. The van der Waals surface area contributed by atoms with Gasteiger partial charge in [-0.15, -0.1) is 0 Å². The summed E-state index contributed by atoms with van der Waals surface area (Å²) in [7, 11) is 1.54. The van der Waals surface area contributed by atoms with Crippen molar-refractivity contribution in [2.45, 2.75) is 13.0 Å². The van der Waals surface area contributed by atoms with Crippen molar-refractivity contribution in [3.05, 3.63) is 29.6 Å². The highest BCUT2D eigenvalue weighted by Gasteiger charge is 2.10. The number of halogens is 1. The Kier molecular flexibility index (Phi) is 4.24. The van der Waals surface area contributed by atoms with E-state index in [4.69, 9.17) is 9.47 Å². The van der Waals surface area contributed by atoms with Crippen LogP contribution in [0.2, 0.25) is 0 Å². The van der Waals surface area contributed by atoms with Gasteiger partial charge in [-0.1, -0.05) is 6.07 Å². The summed E-state index contributed by atoms with van der Waals surface area (Å²) >= 11 is 0. The standard InChI is InChI=1S/C11H13FO3/c1-8(14-2)7-15-11-9(6-13)4-3-5-10(11)12/h3-6,8H,7H2,1-2H3. The van der Waals surface area contributed by atoms with Gasteiger partial charge in [0.2, 0.25) is 0 Å². The Hall–Kier alpha value is -1.42. The van der Waals surface area contributed by atoms with Gasteiger partial charge in [0.1, 0.15) is 6.61 Å². The number of para-hydroxylation sites is 1. The molecule has 0 saturated carbocycles. The number of hydrogen-bond donors (Lipinski definition) is 0. The molecule has 0 aromatic heterocycles. The molecule has 4 heteroatoms. The van der Waals surface area contributed by atoms with E-state index in [9.17, 15) is 9.18 Å². The van der Waals surface area contributed by atoms with Crippen molar-refractivity contribution in [3.63, 3.8) is 0 Å². The lowest BCUT2D eigenvalue weighted by atomic mass is 10.2. The number of carbonyl (C=O) groups is 1. The third-order valence-electron chi connectivity index (χ3n) is 1.99. The molecule has 0 radical (unpaired) electrons. The van der Waals surface area contributed by atoms with Crippen molar-refractivity contribution < 1.29 is 18.7 Å². The topological polar surface area (TPSA) is 35.5 Å². The summed E-state index contributed by atoms with van der Waals surface area (Å²) in [4.78, 5) is 10.6. The van der Waals surface area contributed by atoms with Crippen LogP contribution in [0.1, 0.15) is 17.3 Å². The summed E-state index contributed by atoms with van der Waals surface area (Å²) < 4.78 is 23.4. The zero-order valence-electron chi connectivity index (χ0n) is 8.70. The van der Waals surface area contributed by atoms with E-state index in [1.165, 1.54) is 25.3 Å². The lowest BCUT2D eigenvalue weighted by Crippen LogP contribution is -2.17. The molecule has 0 fully saturated rings. The molecule has 82 valence electrons. The van der Waals surface area contributed by atoms with Crippen LogP contribution in [-0.4, -0.2) is 26.1 Å². The first-order valence-electron chi connectivity index (χ1n) is 4.58. The quantitative estimate of drug-likeness (QED) is 0.701. The Balaban J connectivity index is 2.78. The molecular formula is C11H13FO3. The molecule has 1 rings (SSSR count). The van der Waals surface area contributed by atoms with E-state index in [-0.39, 0.29) is 24.0 Å². The fraction of sp³-hybridized carbons (Fsp3) is 0.364. The summed E-state index contributed by atoms with van der Waals surface area (Å²) in [5.74, 6) is -0.556. The first-order chi connectivity index (χ1) is 7.19. The van der Waals surface area contributed by atoms with E-state index < -0.39 is 5.82 Å². The lowest BCUT2D eigenvalue weighted by molar-refractivity contribution is 0.0696. The molecule has 0 N–H and O–H groups in total. The fourth-order valence-electron chi connectivity index (χ4n) is 1.04. The number of ether oxygens (including phenoxy) is 2. The van der Waals surface area contributed by atoms with Gasteiger partial charge in [-0.3, -0.25) is 4.79 Å². The number of rotatable bonds is 5. The smallest absolute Gasteiger partial charge is 0.165 e. The average Bonchev–Trinajstić information content (AvgIpc) is 2.26. The van der Waals surface area contributed by atoms with Gasteiger partial charge < -0.3 is 9.47 Å². The first kappa shape index (κ1) is 11.7. The van der Waals surface area contributed by atoms with E-state index in [0.29, 0.717) is 6.29 Å². The molecule has 0 spiro atoms. The van der Waals surface area contributed by atoms with Crippen LogP contribution in [0.3, 0.4) is 0 Å². The van der Waals surface area contributed by atoms with Crippen molar-refractivity contribution >= 4 is 6.29 Å². The summed E-state index contributed by atoms with van der Waals surface area (Å²) in [6, 6.07) is 4.22. The molecule has 1 atom stereocenters. The second-order valence-electron chi connectivity index (χ2n) is 3.13. The molecule has 1 aromatic carbocycles. The summed E-state index contributed by atoms with van der Waals surface area (Å²) in [6.07, 6.45) is 0.416. The summed E-state index contributed by atoms with van der Waals surface area (Å²) in [5, 5.41) is 0. The van der Waals surface area contributed by atoms with Crippen LogP contribution < -0.4 is 4.74 Å². The minimum Gasteiger partial charge on any atom is -0.487 e. The van der Waals surface area contributed by atoms with Crippen molar-refractivity contribution in [1.29, 1.82) is 0 Å². The summed E-state index contributed by atoms with van der Waals surface area (Å²) in [5.41, 5.74) is 0.207. The normalized spacial score (nSPS) is 12.2. The van der Waals surface area contributed by atoms with Crippen molar-refractivity contribution in [2.24, 2.45) is 0 Å². The highest BCUT2D eigenvalue weighted by molar-refractivity contribution is 5.79. The van der Waals surface area contributed by atoms with E-state index >= 15 is 0 Å². The van der Waals surface area contributed by atoms with Gasteiger partial charge >= 0.3 is 0 Å². The highest BCUT2D eigenvalue weighted by atomic mass is 19.1. The predicted octanol–water partition coefficient (Wildman–Crippen LogP) is 2.05. The monoisotopic (exact) mass is 212 g/mol. The summed E-state index contributed by atoms with van der Waals surface area (Å²) in [6.45, 7) is 2.00. The van der Waals surface area contributed by atoms with Crippen LogP contribution >= 0.6 is 0 Å². The number of carbonyl (C=O) groups excluding carboxylic acids is 1. The largest absolute Gasteiger partial charge is 0.487 e. The second kappa shape index (κ2) is 5.46. The molecule has 1 aromatic rings. The second-order valence-corrected chi connectivity index (χ2v) is 3.13. The maximum absolute atomic E-state index is 13.3. The molecule has 1 unspecified atom stereocenters. The van der Waals surface area contributed by atoms with Crippen LogP contribution in [-0.2, 0) is 4.74 Å². The molecular weight excluding hydrogens is 199 g/mol. The Bertz CT molecular complexity index is 339. The Morgan fingerprint density at radius 3 is 2.87 bits per heavy atom. The lowest BCUT2D eigenvalue weighted by Gasteiger charge is -2.13. The van der Waals surface area contributed by atoms with Crippen LogP contribution in [0.4, 0.5) is 4.39 Å². The van der Waals surface area contributed by atoms with Crippen LogP contribution in [0.25, 0.3) is 0 Å². The predicted molar refractivity (Wildman–Crippen MR) is 53.8 cm³/mol. The molecule has 15 heavy (non-hydrogen) atoms. The zero-order chi connectivity index (χ0) is 11.3. The number of hydrogen-bond acceptors (Lipinski definition) is 3. The molecule has 3 nitrogen and oxygen atoms in total. The molecule has 0 aliphatic rings. The highest BCUT2D eigenvalue weighted by Crippen LogP contribution is 2.21. The van der Waals surface area contributed by atoms with Gasteiger partial charge in [0, 0.05) is 7.11 Å². The molecule has 0 bridgehead atoms. The van der Waals surface area contributed by atoms with E-state index in [1.807, 2.05) is 0 Å². The molecule has 0 aliphatic heterocycles. The van der Waals surface area contributed by atoms with Gasteiger partial charge in [-0.05, 0) is 19.1 Å². The van der Waals surface area contributed by atoms with Gasteiger partial charge in [-0.2, -0.15) is 0 Å². The van der Waals surface area contributed by atoms with Crippen molar-refractivity contribution in [3.8, 4) is 5.75 Å². The maximum Gasteiger partial charge on any atom is 0.165 e. The van der Waals surface area contributed by atoms with Crippen molar-refractivity contribution in [2.75, 3.05) is 13.7 Å². The maximum atomic E-state index is 13.3. The number of benzene rings is 1.